The molecule has 1 heterocycles. The van der Waals surface area contributed by atoms with Crippen LogP contribution < -0.4 is 0 Å². The predicted molar refractivity (Wildman–Crippen MR) is 56.0 cm³/mol. The van der Waals surface area contributed by atoms with E-state index < -0.39 is 0 Å². The lowest BCUT2D eigenvalue weighted by atomic mass is 9.92. The fourth-order valence-corrected chi connectivity index (χ4v) is 3.24. The van der Waals surface area contributed by atoms with Gasteiger partial charge < -0.3 is 10.0 Å². The van der Waals surface area contributed by atoms with Crippen molar-refractivity contribution in [2.75, 3.05) is 13.1 Å². The number of rotatable bonds is 1. The van der Waals surface area contributed by atoms with Crippen LogP contribution in [0.25, 0.3) is 0 Å². The van der Waals surface area contributed by atoms with E-state index in [9.17, 15) is 9.90 Å². The number of fused-ring (bicyclic) bond motifs is 2. The number of likely N-dealkylation sites (tertiary alicyclic amines) is 1. The van der Waals surface area contributed by atoms with Gasteiger partial charge in [-0.2, -0.15) is 0 Å². The minimum Gasteiger partial charge on any atom is -0.391 e. The lowest BCUT2D eigenvalue weighted by Crippen LogP contribution is -2.36. The zero-order chi connectivity index (χ0) is 10.4. The van der Waals surface area contributed by atoms with E-state index in [-0.39, 0.29) is 17.9 Å². The molecule has 0 spiro atoms. The molecule has 82 valence electrons. The highest BCUT2D eigenvalue weighted by Crippen LogP contribution is 2.44. The van der Waals surface area contributed by atoms with Gasteiger partial charge in [-0.05, 0) is 31.1 Å². The van der Waals surface area contributed by atoms with Crippen LogP contribution in [-0.4, -0.2) is 35.1 Å². The van der Waals surface area contributed by atoms with Crippen LogP contribution >= 0.6 is 0 Å². The summed E-state index contributed by atoms with van der Waals surface area (Å²) in [7, 11) is 0. The summed E-state index contributed by atoms with van der Waals surface area (Å²) in [5.41, 5.74) is 0. The molecule has 0 aromatic rings. The molecule has 15 heavy (non-hydrogen) atoms. The summed E-state index contributed by atoms with van der Waals surface area (Å²) in [5.74, 6) is 1.63. The third-order valence-electron chi connectivity index (χ3n) is 4.07. The fraction of sp³-hybridized carbons (Fsp3) is 0.750. The topological polar surface area (TPSA) is 40.5 Å². The quantitative estimate of drug-likeness (QED) is 0.646. The first-order chi connectivity index (χ1) is 7.24. The minimum atomic E-state index is -0.289. The molecular formula is C12H17NO2. The van der Waals surface area contributed by atoms with Crippen LogP contribution in [-0.2, 0) is 4.79 Å². The highest BCUT2D eigenvalue weighted by atomic mass is 16.3. The van der Waals surface area contributed by atoms with Crippen LogP contribution in [0.5, 0.6) is 0 Å². The molecule has 1 amide bonds. The van der Waals surface area contributed by atoms with Crippen molar-refractivity contribution in [2.45, 2.75) is 25.4 Å². The SMILES string of the molecule is O=C(C1CC2C=CC1C2)N1CC[C@@H](O)C1. The first-order valence-electron chi connectivity index (χ1n) is 5.89. The van der Waals surface area contributed by atoms with Gasteiger partial charge in [0.2, 0.25) is 5.91 Å². The molecule has 0 aromatic carbocycles. The number of aliphatic hydroxyl groups is 1. The first-order valence-corrected chi connectivity index (χ1v) is 5.89. The Hall–Kier alpha value is -0.830. The highest BCUT2D eigenvalue weighted by molar-refractivity contribution is 5.80. The van der Waals surface area contributed by atoms with Gasteiger partial charge in [0.15, 0.2) is 0 Å². The van der Waals surface area contributed by atoms with Gasteiger partial charge in [-0.1, -0.05) is 12.2 Å². The minimum absolute atomic E-state index is 0.213. The zero-order valence-electron chi connectivity index (χ0n) is 8.80. The number of carbonyl (C=O) groups is 1. The molecule has 3 rings (SSSR count). The molecule has 0 aromatic heterocycles. The van der Waals surface area contributed by atoms with Crippen molar-refractivity contribution < 1.29 is 9.90 Å². The Labute approximate surface area is 89.8 Å². The molecular weight excluding hydrogens is 190 g/mol. The number of nitrogens with zero attached hydrogens (tertiary/aromatic N) is 1. The number of hydrogen-bond donors (Lipinski definition) is 1. The Morgan fingerprint density at radius 2 is 2.20 bits per heavy atom. The molecule has 2 aliphatic carbocycles. The van der Waals surface area contributed by atoms with E-state index in [0.29, 0.717) is 18.4 Å². The summed E-state index contributed by atoms with van der Waals surface area (Å²) in [6, 6.07) is 0. The van der Waals surface area contributed by atoms with Gasteiger partial charge in [-0.15, -0.1) is 0 Å². The maximum Gasteiger partial charge on any atom is 0.226 e. The lowest BCUT2D eigenvalue weighted by Gasteiger charge is -2.24. The molecule has 2 bridgehead atoms. The maximum absolute atomic E-state index is 12.2. The van der Waals surface area contributed by atoms with Gasteiger partial charge in [-0.25, -0.2) is 0 Å². The van der Waals surface area contributed by atoms with Gasteiger partial charge in [0.05, 0.1) is 6.10 Å². The Morgan fingerprint density at radius 1 is 1.33 bits per heavy atom. The Morgan fingerprint density at radius 3 is 2.73 bits per heavy atom. The smallest absolute Gasteiger partial charge is 0.226 e. The van der Waals surface area contributed by atoms with Crippen molar-refractivity contribution >= 4 is 5.91 Å². The van der Waals surface area contributed by atoms with Crippen molar-refractivity contribution in [2.24, 2.45) is 17.8 Å². The lowest BCUT2D eigenvalue weighted by molar-refractivity contribution is -0.135. The second kappa shape index (κ2) is 3.34. The molecule has 1 N–H and O–H groups in total. The third-order valence-corrected chi connectivity index (χ3v) is 4.07. The Balaban J connectivity index is 1.68. The number of aliphatic hydroxyl groups excluding tert-OH is 1. The second-order valence-electron chi connectivity index (χ2n) is 5.11. The van der Waals surface area contributed by atoms with Crippen LogP contribution in [0, 0.1) is 17.8 Å². The van der Waals surface area contributed by atoms with E-state index in [1.54, 1.807) is 0 Å². The number of carbonyl (C=O) groups excluding carboxylic acids is 1. The molecule has 1 saturated heterocycles. The van der Waals surface area contributed by atoms with E-state index >= 15 is 0 Å². The predicted octanol–water partition coefficient (Wildman–Crippen LogP) is 0.792. The average Bonchev–Trinajstić information content (AvgIpc) is 2.90. The van der Waals surface area contributed by atoms with Crippen LogP contribution in [0.3, 0.4) is 0 Å². The van der Waals surface area contributed by atoms with Crippen LogP contribution in [0.15, 0.2) is 12.2 Å². The monoisotopic (exact) mass is 207 g/mol. The van der Waals surface area contributed by atoms with Crippen molar-refractivity contribution in [1.82, 2.24) is 4.90 Å². The van der Waals surface area contributed by atoms with E-state index in [1.807, 2.05) is 4.90 Å². The summed E-state index contributed by atoms with van der Waals surface area (Å²) >= 11 is 0. The maximum atomic E-state index is 12.2. The van der Waals surface area contributed by atoms with Crippen molar-refractivity contribution in [1.29, 1.82) is 0 Å². The molecule has 0 radical (unpaired) electrons. The summed E-state index contributed by atoms with van der Waals surface area (Å²) in [6.07, 6.45) is 7.14. The zero-order valence-corrected chi connectivity index (χ0v) is 8.80. The number of amides is 1. The Bertz CT molecular complexity index is 313. The molecule has 3 heteroatoms. The van der Waals surface area contributed by atoms with Crippen molar-refractivity contribution in [3.8, 4) is 0 Å². The fourth-order valence-electron chi connectivity index (χ4n) is 3.24. The Kier molecular flexibility index (Phi) is 2.09. The van der Waals surface area contributed by atoms with E-state index in [0.717, 1.165) is 19.4 Å². The first kappa shape index (κ1) is 9.40. The van der Waals surface area contributed by atoms with Gasteiger partial charge >= 0.3 is 0 Å². The molecule has 3 aliphatic rings. The summed E-state index contributed by atoms with van der Waals surface area (Å²) in [4.78, 5) is 14.0. The number of hydrogen-bond acceptors (Lipinski definition) is 2. The third kappa shape index (κ3) is 1.49. The van der Waals surface area contributed by atoms with E-state index in [1.165, 1.54) is 6.42 Å². The number of β-amino-alcohol motifs (C(OH)–C–C–N with tert-alkyl or cyclic N) is 1. The van der Waals surface area contributed by atoms with E-state index in [2.05, 4.69) is 12.2 Å². The molecule has 1 saturated carbocycles. The van der Waals surface area contributed by atoms with Crippen LogP contribution in [0.4, 0.5) is 0 Å². The van der Waals surface area contributed by atoms with Gasteiger partial charge in [-0.3, -0.25) is 4.79 Å². The van der Waals surface area contributed by atoms with Crippen LogP contribution in [0.2, 0.25) is 0 Å². The molecule has 3 unspecified atom stereocenters. The van der Waals surface area contributed by atoms with Crippen molar-refractivity contribution in [3.05, 3.63) is 12.2 Å². The average molecular weight is 207 g/mol. The van der Waals surface area contributed by atoms with E-state index in [4.69, 9.17) is 0 Å². The molecule has 4 atom stereocenters. The van der Waals surface area contributed by atoms with Gasteiger partial charge in [0.25, 0.3) is 0 Å². The second-order valence-corrected chi connectivity index (χ2v) is 5.11. The normalized spacial score (nSPS) is 42.9. The van der Waals surface area contributed by atoms with Gasteiger partial charge in [0, 0.05) is 19.0 Å². The summed E-state index contributed by atoms with van der Waals surface area (Å²) < 4.78 is 0. The summed E-state index contributed by atoms with van der Waals surface area (Å²) in [5, 5.41) is 9.42. The van der Waals surface area contributed by atoms with Gasteiger partial charge in [0.1, 0.15) is 0 Å². The standard InChI is InChI=1S/C12H17NO2/c14-10-3-4-13(7-10)12(15)11-6-8-1-2-9(11)5-8/h1-2,8-11,14H,3-7H2/t8?,9?,10-,11?/m1/s1. The van der Waals surface area contributed by atoms with Crippen LogP contribution in [0.1, 0.15) is 19.3 Å². The molecule has 2 fully saturated rings. The number of allylic oxidation sites excluding steroid dienone is 2. The molecule has 3 nitrogen and oxygen atoms in total. The summed E-state index contributed by atoms with van der Waals surface area (Å²) in [6.45, 7) is 1.30. The van der Waals surface area contributed by atoms with Crippen molar-refractivity contribution in [3.63, 3.8) is 0 Å². The highest BCUT2D eigenvalue weighted by Gasteiger charge is 2.42. The largest absolute Gasteiger partial charge is 0.391 e. The molecule has 1 aliphatic heterocycles.